The van der Waals surface area contributed by atoms with Crippen LogP contribution in [0.3, 0.4) is 0 Å². The van der Waals surface area contributed by atoms with Gasteiger partial charge < -0.3 is 14.8 Å². The Morgan fingerprint density at radius 3 is 2.71 bits per heavy atom. The van der Waals surface area contributed by atoms with Crippen LogP contribution in [0, 0.1) is 0 Å². The summed E-state index contributed by atoms with van der Waals surface area (Å²) in [5.74, 6) is 0.974. The van der Waals surface area contributed by atoms with Crippen molar-refractivity contribution in [3.05, 3.63) is 29.8 Å². The van der Waals surface area contributed by atoms with Crippen molar-refractivity contribution < 1.29 is 9.47 Å². The van der Waals surface area contributed by atoms with Gasteiger partial charge >= 0.3 is 0 Å². The molecular formula is C14H23NO2. The minimum atomic E-state index is 0.213. The molecule has 0 saturated heterocycles. The molecular weight excluding hydrogens is 214 g/mol. The Labute approximate surface area is 104 Å². The highest BCUT2D eigenvalue weighted by molar-refractivity contribution is 5.33. The predicted molar refractivity (Wildman–Crippen MR) is 70.4 cm³/mol. The number of rotatable bonds is 8. The summed E-state index contributed by atoms with van der Waals surface area (Å²) in [5, 5.41) is 3.39. The van der Waals surface area contributed by atoms with Crippen molar-refractivity contribution in [3.8, 4) is 5.75 Å². The molecule has 3 nitrogen and oxygen atoms in total. The molecule has 0 unspecified atom stereocenters. The second-order valence-electron chi connectivity index (χ2n) is 4.30. The fourth-order valence-corrected chi connectivity index (χ4v) is 1.58. The van der Waals surface area contributed by atoms with Crippen LogP contribution in [0.5, 0.6) is 5.75 Å². The third-order valence-electron chi connectivity index (χ3n) is 2.35. The summed E-state index contributed by atoms with van der Waals surface area (Å²) in [6.45, 7) is 6.69. The normalized spacial score (nSPS) is 10.8. The Kier molecular flexibility index (Phi) is 6.67. The summed E-state index contributed by atoms with van der Waals surface area (Å²) in [6, 6.07) is 8.17. The topological polar surface area (TPSA) is 30.5 Å². The zero-order chi connectivity index (χ0) is 12.5. The lowest BCUT2D eigenvalue weighted by atomic mass is 10.2. The molecule has 0 fully saturated rings. The van der Waals surface area contributed by atoms with Crippen molar-refractivity contribution in [1.29, 1.82) is 0 Å². The summed E-state index contributed by atoms with van der Waals surface area (Å²) in [6.07, 6.45) is 1.24. The highest BCUT2D eigenvalue weighted by Crippen LogP contribution is 2.18. The first-order chi connectivity index (χ1) is 8.24. The molecule has 0 heterocycles. The van der Waals surface area contributed by atoms with E-state index in [4.69, 9.17) is 9.47 Å². The van der Waals surface area contributed by atoms with Crippen molar-refractivity contribution in [1.82, 2.24) is 5.32 Å². The van der Waals surface area contributed by atoms with Gasteiger partial charge in [0.1, 0.15) is 5.75 Å². The number of para-hydroxylation sites is 1. The number of hydrogen-bond donors (Lipinski definition) is 1. The summed E-state index contributed by atoms with van der Waals surface area (Å²) in [5.41, 5.74) is 1.21. The largest absolute Gasteiger partial charge is 0.491 e. The van der Waals surface area contributed by atoms with Crippen LogP contribution in [0.4, 0.5) is 0 Å². The first-order valence-electron chi connectivity index (χ1n) is 6.18. The zero-order valence-corrected chi connectivity index (χ0v) is 11.0. The van der Waals surface area contributed by atoms with Crippen LogP contribution in [0.25, 0.3) is 0 Å². The van der Waals surface area contributed by atoms with Gasteiger partial charge in [-0.2, -0.15) is 0 Å². The van der Waals surface area contributed by atoms with E-state index in [0.717, 1.165) is 31.9 Å². The second kappa shape index (κ2) is 8.09. The van der Waals surface area contributed by atoms with Crippen LogP contribution in [-0.2, 0) is 11.3 Å². The summed E-state index contributed by atoms with van der Waals surface area (Å²) >= 11 is 0. The molecule has 0 bridgehead atoms. The smallest absolute Gasteiger partial charge is 0.124 e. The lowest BCUT2D eigenvalue weighted by Gasteiger charge is -2.14. The molecule has 0 aromatic heterocycles. The molecule has 0 spiro atoms. The maximum Gasteiger partial charge on any atom is 0.124 e. The van der Waals surface area contributed by atoms with E-state index >= 15 is 0 Å². The zero-order valence-electron chi connectivity index (χ0n) is 11.0. The number of hydrogen-bond acceptors (Lipinski definition) is 3. The van der Waals surface area contributed by atoms with Gasteiger partial charge in [-0.3, -0.25) is 0 Å². The summed E-state index contributed by atoms with van der Waals surface area (Å²) in [4.78, 5) is 0. The molecule has 0 atom stereocenters. The minimum Gasteiger partial charge on any atom is -0.491 e. The van der Waals surface area contributed by atoms with Crippen molar-refractivity contribution in [2.75, 3.05) is 20.3 Å². The molecule has 0 amide bonds. The Hall–Kier alpha value is -1.06. The molecule has 0 aliphatic rings. The van der Waals surface area contributed by atoms with Gasteiger partial charge in [0.05, 0.1) is 6.10 Å². The van der Waals surface area contributed by atoms with E-state index in [9.17, 15) is 0 Å². The summed E-state index contributed by atoms with van der Waals surface area (Å²) in [7, 11) is 1.73. The van der Waals surface area contributed by atoms with Gasteiger partial charge in [0.25, 0.3) is 0 Å². The average molecular weight is 237 g/mol. The first-order valence-corrected chi connectivity index (χ1v) is 6.18. The Morgan fingerprint density at radius 1 is 1.24 bits per heavy atom. The molecule has 1 aromatic rings. The number of nitrogens with one attached hydrogen (secondary N) is 1. The van der Waals surface area contributed by atoms with Crippen molar-refractivity contribution in [3.63, 3.8) is 0 Å². The molecule has 0 aliphatic carbocycles. The van der Waals surface area contributed by atoms with Gasteiger partial charge in [-0.05, 0) is 32.9 Å². The van der Waals surface area contributed by atoms with Crippen molar-refractivity contribution in [2.24, 2.45) is 0 Å². The van der Waals surface area contributed by atoms with Crippen molar-refractivity contribution >= 4 is 0 Å². The van der Waals surface area contributed by atoms with Gasteiger partial charge in [-0.1, -0.05) is 18.2 Å². The standard InChI is InChI=1S/C14H23NO2/c1-12(2)17-14-8-5-4-7-13(14)11-15-9-6-10-16-3/h4-5,7-8,12,15H,6,9-11H2,1-3H3. The van der Waals surface area contributed by atoms with Gasteiger partial charge in [0.15, 0.2) is 0 Å². The first kappa shape index (κ1) is 14.0. The number of ether oxygens (including phenoxy) is 2. The van der Waals surface area contributed by atoms with Crippen LogP contribution in [0.1, 0.15) is 25.8 Å². The Morgan fingerprint density at radius 2 is 2.00 bits per heavy atom. The van der Waals surface area contributed by atoms with Gasteiger partial charge in [0, 0.05) is 25.8 Å². The van der Waals surface area contributed by atoms with Gasteiger partial charge in [-0.25, -0.2) is 0 Å². The molecule has 96 valence electrons. The molecule has 17 heavy (non-hydrogen) atoms. The number of methoxy groups -OCH3 is 1. The van der Waals surface area contributed by atoms with Crippen LogP contribution < -0.4 is 10.1 Å². The van der Waals surface area contributed by atoms with Gasteiger partial charge in [-0.15, -0.1) is 0 Å². The maximum atomic E-state index is 5.76. The SMILES string of the molecule is COCCCNCc1ccccc1OC(C)C. The molecule has 1 aromatic carbocycles. The van der Waals surface area contributed by atoms with E-state index in [1.165, 1.54) is 5.56 Å². The van der Waals surface area contributed by atoms with Crippen LogP contribution in [0.2, 0.25) is 0 Å². The third-order valence-corrected chi connectivity index (χ3v) is 2.35. The lowest BCUT2D eigenvalue weighted by Crippen LogP contribution is -2.17. The van der Waals surface area contributed by atoms with Crippen LogP contribution in [0.15, 0.2) is 24.3 Å². The second-order valence-corrected chi connectivity index (χ2v) is 4.30. The van der Waals surface area contributed by atoms with E-state index in [1.807, 2.05) is 32.0 Å². The van der Waals surface area contributed by atoms with Gasteiger partial charge in [0.2, 0.25) is 0 Å². The molecule has 3 heteroatoms. The average Bonchev–Trinajstić information content (AvgIpc) is 2.30. The minimum absolute atomic E-state index is 0.213. The monoisotopic (exact) mass is 237 g/mol. The fourth-order valence-electron chi connectivity index (χ4n) is 1.58. The third kappa shape index (κ3) is 5.71. The van der Waals surface area contributed by atoms with E-state index in [-0.39, 0.29) is 6.10 Å². The molecule has 1 N–H and O–H groups in total. The highest BCUT2D eigenvalue weighted by atomic mass is 16.5. The lowest BCUT2D eigenvalue weighted by molar-refractivity contribution is 0.194. The van der Waals surface area contributed by atoms with E-state index in [1.54, 1.807) is 7.11 Å². The maximum absolute atomic E-state index is 5.76. The van der Waals surface area contributed by atoms with Crippen LogP contribution in [-0.4, -0.2) is 26.4 Å². The summed E-state index contributed by atoms with van der Waals surface area (Å²) < 4.78 is 10.8. The Bertz CT molecular complexity index is 313. The molecule has 1 rings (SSSR count). The van der Waals surface area contributed by atoms with Crippen molar-refractivity contribution in [2.45, 2.75) is 32.9 Å². The predicted octanol–water partition coefficient (Wildman–Crippen LogP) is 2.60. The van der Waals surface area contributed by atoms with Crippen LogP contribution >= 0.6 is 0 Å². The molecule has 0 aliphatic heterocycles. The highest BCUT2D eigenvalue weighted by Gasteiger charge is 2.03. The van der Waals surface area contributed by atoms with E-state index < -0.39 is 0 Å². The molecule has 0 radical (unpaired) electrons. The fraction of sp³-hybridized carbons (Fsp3) is 0.571. The van der Waals surface area contributed by atoms with E-state index in [2.05, 4.69) is 11.4 Å². The quantitative estimate of drug-likeness (QED) is 0.705. The van der Waals surface area contributed by atoms with E-state index in [0.29, 0.717) is 0 Å². The molecule has 0 saturated carbocycles. The number of benzene rings is 1. The Balaban J connectivity index is 2.40.